The van der Waals surface area contributed by atoms with E-state index in [0.29, 0.717) is 0 Å². The molecule has 0 aliphatic carbocycles. The summed E-state index contributed by atoms with van der Waals surface area (Å²) in [6.07, 6.45) is 4.07. The summed E-state index contributed by atoms with van der Waals surface area (Å²) in [6, 6.07) is 1.49. The third-order valence-corrected chi connectivity index (χ3v) is 6.00. The predicted molar refractivity (Wildman–Crippen MR) is 78.2 cm³/mol. The molecule has 0 rings (SSSR count). The van der Waals surface area contributed by atoms with E-state index in [4.69, 9.17) is 0 Å². The average molecular weight is 244 g/mol. The molecule has 0 fully saturated rings. The minimum atomic E-state index is -0.776. The summed E-state index contributed by atoms with van der Waals surface area (Å²) < 4.78 is 0. The summed E-state index contributed by atoms with van der Waals surface area (Å²) in [6.45, 7) is 13.0. The van der Waals surface area contributed by atoms with E-state index in [9.17, 15) is 0 Å². The summed E-state index contributed by atoms with van der Waals surface area (Å²) in [7, 11) is -0.738. The molecule has 0 aliphatic rings. The van der Waals surface area contributed by atoms with Crippen molar-refractivity contribution in [3.8, 4) is 0 Å². The van der Waals surface area contributed by atoms with Crippen LogP contribution in [0.2, 0.25) is 25.7 Å². The predicted octanol–water partition coefficient (Wildman–Crippen LogP) is 2.74. The van der Waals surface area contributed by atoms with Crippen molar-refractivity contribution in [2.24, 2.45) is 0 Å². The van der Waals surface area contributed by atoms with Crippen LogP contribution >= 0.6 is 0 Å². The van der Waals surface area contributed by atoms with Crippen LogP contribution in [0.15, 0.2) is 11.3 Å². The fraction of sp³-hybridized carbons (Fsp3) is 0.833. The fourth-order valence-corrected chi connectivity index (χ4v) is 3.98. The first kappa shape index (κ1) is 15.1. The van der Waals surface area contributed by atoms with Gasteiger partial charge in [0.15, 0.2) is 0 Å². The molecule has 0 saturated heterocycles. The molecule has 0 aliphatic heterocycles. The zero-order valence-corrected chi connectivity index (χ0v) is 13.7. The monoisotopic (exact) mass is 243 g/mol. The molecule has 0 amide bonds. The molecule has 0 aromatic rings. The van der Waals surface area contributed by atoms with Gasteiger partial charge in [0.05, 0.1) is 9.52 Å². The van der Waals surface area contributed by atoms with Crippen molar-refractivity contribution in [2.45, 2.75) is 52.4 Å². The summed E-state index contributed by atoms with van der Waals surface area (Å²) in [5, 5.41) is 3.56. The molecule has 15 heavy (non-hydrogen) atoms. The molecule has 0 saturated carbocycles. The molecule has 0 aromatic carbocycles. The highest BCUT2D eigenvalue weighted by Gasteiger charge is 2.11. The molecule has 0 atom stereocenters. The summed E-state index contributed by atoms with van der Waals surface area (Å²) in [4.78, 5) is 0. The van der Waals surface area contributed by atoms with Crippen LogP contribution in [0.5, 0.6) is 0 Å². The van der Waals surface area contributed by atoms with E-state index < -0.39 is 8.07 Å². The summed E-state index contributed by atoms with van der Waals surface area (Å²) in [5.74, 6) is 0. The van der Waals surface area contributed by atoms with Crippen molar-refractivity contribution >= 4 is 17.6 Å². The maximum Gasteiger partial charge on any atom is 0.0608 e. The summed E-state index contributed by atoms with van der Waals surface area (Å²) >= 11 is 0. The Morgan fingerprint density at radius 2 is 1.87 bits per heavy atom. The first-order valence-electron chi connectivity index (χ1n) is 6.26. The number of rotatable bonds is 8. The second-order valence-electron chi connectivity index (χ2n) is 5.84. The Bertz CT molecular complexity index is 179. The highest BCUT2D eigenvalue weighted by atomic mass is 28.3. The number of nitrogens with one attached hydrogen (secondary N) is 1. The van der Waals surface area contributed by atoms with E-state index in [2.05, 4.69) is 44.5 Å². The normalized spacial score (nSPS) is 12.3. The lowest BCUT2D eigenvalue weighted by atomic mass is 10.3. The van der Waals surface area contributed by atoms with Gasteiger partial charge in [0.2, 0.25) is 0 Å². The molecule has 0 spiro atoms. The molecule has 1 nitrogen and oxygen atoms in total. The van der Waals surface area contributed by atoms with Gasteiger partial charge in [0.1, 0.15) is 0 Å². The van der Waals surface area contributed by atoms with Crippen LogP contribution in [0.1, 0.15) is 26.7 Å². The van der Waals surface area contributed by atoms with E-state index >= 15 is 0 Å². The molecule has 90 valence electrons. The molecule has 1 N–H and O–H groups in total. The van der Waals surface area contributed by atoms with Gasteiger partial charge in [0, 0.05) is 8.07 Å². The Hall–Kier alpha value is 0.134. The quantitative estimate of drug-likeness (QED) is 0.511. The highest BCUT2D eigenvalue weighted by molar-refractivity contribution is 6.76. The second-order valence-corrected chi connectivity index (χ2v) is 12.9. The zero-order chi connectivity index (χ0) is 11.7. The van der Waals surface area contributed by atoms with E-state index in [1.165, 1.54) is 37.2 Å². The van der Waals surface area contributed by atoms with Crippen molar-refractivity contribution in [2.75, 3.05) is 12.7 Å². The van der Waals surface area contributed by atoms with Gasteiger partial charge >= 0.3 is 0 Å². The minimum Gasteiger partial charge on any atom is -0.320 e. The van der Waals surface area contributed by atoms with Crippen LogP contribution in [0.3, 0.4) is 0 Å². The van der Waals surface area contributed by atoms with E-state index in [0.717, 1.165) is 0 Å². The molecule has 0 radical (unpaired) electrons. The third kappa shape index (κ3) is 14.1. The fourth-order valence-electron chi connectivity index (χ4n) is 1.49. The van der Waals surface area contributed by atoms with Crippen molar-refractivity contribution in [3.05, 3.63) is 11.3 Å². The van der Waals surface area contributed by atoms with E-state index in [1.54, 1.807) is 0 Å². The molecule has 0 aromatic heterocycles. The third-order valence-electron chi connectivity index (χ3n) is 2.40. The highest BCUT2D eigenvalue weighted by Crippen LogP contribution is 2.11. The van der Waals surface area contributed by atoms with Crippen LogP contribution in [-0.4, -0.2) is 30.3 Å². The molecule has 0 unspecified atom stereocenters. The van der Waals surface area contributed by atoms with Crippen LogP contribution < -0.4 is 5.32 Å². The Balaban J connectivity index is 3.16. The second kappa shape index (κ2) is 8.30. The molecular weight excluding hydrogens is 214 g/mol. The first-order valence-corrected chi connectivity index (χ1v) is 11.8. The Labute approximate surface area is 99.6 Å². The van der Waals surface area contributed by atoms with Crippen LogP contribution in [0, 0.1) is 0 Å². The van der Waals surface area contributed by atoms with Gasteiger partial charge in [-0.25, -0.2) is 0 Å². The maximum absolute atomic E-state index is 3.56. The SMILES string of the molecule is CC(C)=C[SiH2]CNCCCC[Si](C)(C)C. The number of unbranched alkanes of at least 4 members (excludes halogenated alkanes) is 1. The lowest BCUT2D eigenvalue weighted by molar-refractivity contribution is 0.692. The maximum atomic E-state index is 3.56. The van der Waals surface area contributed by atoms with Crippen molar-refractivity contribution in [3.63, 3.8) is 0 Å². The number of hydrogen-bond donors (Lipinski definition) is 1. The smallest absolute Gasteiger partial charge is 0.0608 e. The lowest BCUT2D eigenvalue weighted by Gasteiger charge is -2.14. The van der Waals surface area contributed by atoms with Gasteiger partial charge in [-0.3, -0.25) is 0 Å². The van der Waals surface area contributed by atoms with Gasteiger partial charge in [-0.1, -0.05) is 37.7 Å². The average Bonchev–Trinajstić information content (AvgIpc) is 2.07. The standard InChI is InChI=1S/C12H29NSi2/c1-12(2)10-14-11-13-8-6-7-9-15(3,4)5/h10,13H,6-9,11,14H2,1-5H3. The van der Waals surface area contributed by atoms with Crippen LogP contribution in [0.25, 0.3) is 0 Å². The summed E-state index contributed by atoms with van der Waals surface area (Å²) in [5.41, 5.74) is 3.93. The number of hydrogen-bond acceptors (Lipinski definition) is 1. The van der Waals surface area contributed by atoms with Crippen LogP contribution in [0.4, 0.5) is 0 Å². The van der Waals surface area contributed by atoms with Gasteiger partial charge in [0.25, 0.3) is 0 Å². The Morgan fingerprint density at radius 1 is 1.20 bits per heavy atom. The Kier molecular flexibility index (Phi) is 8.38. The largest absolute Gasteiger partial charge is 0.320 e. The zero-order valence-electron chi connectivity index (χ0n) is 11.3. The van der Waals surface area contributed by atoms with Gasteiger partial charge < -0.3 is 5.32 Å². The van der Waals surface area contributed by atoms with Gasteiger partial charge in [-0.05, 0) is 33.0 Å². The van der Waals surface area contributed by atoms with E-state index in [-0.39, 0.29) is 9.52 Å². The molecule has 0 heterocycles. The van der Waals surface area contributed by atoms with Crippen molar-refractivity contribution < 1.29 is 0 Å². The minimum absolute atomic E-state index is 0.0377. The molecule has 3 heteroatoms. The van der Waals surface area contributed by atoms with Gasteiger partial charge in [-0.2, -0.15) is 0 Å². The molecular formula is C12H29NSi2. The van der Waals surface area contributed by atoms with Gasteiger partial charge in [-0.15, -0.1) is 5.70 Å². The van der Waals surface area contributed by atoms with Crippen LogP contribution in [-0.2, 0) is 0 Å². The van der Waals surface area contributed by atoms with Crippen molar-refractivity contribution in [1.29, 1.82) is 0 Å². The van der Waals surface area contributed by atoms with Crippen molar-refractivity contribution in [1.82, 2.24) is 5.32 Å². The lowest BCUT2D eigenvalue weighted by Crippen LogP contribution is -2.22. The first-order chi connectivity index (χ1) is 6.92. The molecule has 0 bridgehead atoms. The topological polar surface area (TPSA) is 12.0 Å². The number of allylic oxidation sites excluding steroid dienone is 1. The van der Waals surface area contributed by atoms with E-state index in [1.807, 2.05) is 0 Å². The Morgan fingerprint density at radius 3 is 2.40 bits per heavy atom.